The van der Waals surface area contributed by atoms with Gasteiger partial charge in [-0.2, -0.15) is 30.7 Å². The van der Waals surface area contributed by atoms with Crippen LogP contribution in [0, 0.1) is 0 Å². The van der Waals surface area contributed by atoms with E-state index >= 15 is 0 Å². The van der Waals surface area contributed by atoms with Crippen LogP contribution in [0.15, 0.2) is 0 Å². The molecule has 0 fully saturated rings. The van der Waals surface area contributed by atoms with E-state index in [1.165, 1.54) is 0 Å². The average Bonchev–Trinajstić information content (AvgIpc) is 1.81. The molecule has 86 valence electrons. The zero-order valence-electron chi connectivity index (χ0n) is 5.90. The molecule has 0 aromatic rings. The van der Waals surface area contributed by atoms with E-state index in [1.54, 1.807) is 0 Å². The minimum atomic E-state index is -6.61. The van der Waals surface area contributed by atoms with Gasteiger partial charge in [-0.1, -0.05) is 0 Å². The summed E-state index contributed by atoms with van der Waals surface area (Å²) in [6.45, 7) is -6.06. The van der Waals surface area contributed by atoms with Crippen molar-refractivity contribution in [1.82, 2.24) is 0 Å². The van der Waals surface area contributed by atoms with Crippen LogP contribution < -0.4 is 0 Å². The van der Waals surface area contributed by atoms with Gasteiger partial charge in [0.15, 0.2) is 0 Å². The molecule has 0 atom stereocenters. The van der Waals surface area contributed by atoms with Gasteiger partial charge in [-0.05, 0) is 11.8 Å². The van der Waals surface area contributed by atoms with Crippen LogP contribution >= 0.6 is 6.49 Å². The molecular formula is C3H2F7O2PS. The first-order valence-corrected chi connectivity index (χ1v) is 5.34. The van der Waals surface area contributed by atoms with E-state index in [-0.39, 0.29) is 0 Å². The minimum Gasteiger partial charge on any atom is -0.341 e. The highest BCUT2D eigenvalue weighted by atomic mass is 32.5. The van der Waals surface area contributed by atoms with Crippen molar-refractivity contribution < 1.29 is 40.5 Å². The third kappa shape index (κ3) is 2.02. The van der Waals surface area contributed by atoms with Gasteiger partial charge in [0.05, 0.1) is 0 Å². The molecule has 2 nitrogen and oxygen atoms in total. The molecule has 0 saturated heterocycles. The van der Waals surface area contributed by atoms with Gasteiger partial charge in [-0.3, -0.25) is 0 Å². The Labute approximate surface area is 77.5 Å². The quantitative estimate of drug-likeness (QED) is 0.593. The van der Waals surface area contributed by atoms with Crippen molar-refractivity contribution in [3.05, 3.63) is 0 Å². The number of hydrogen-bond donors (Lipinski definition) is 2. The molecular weight excluding hydrogens is 264 g/mol. The van der Waals surface area contributed by atoms with Crippen molar-refractivity contribution in [2.75, 3.05) is 0 Å². The summed E-state index contributed by atoms with van der Waals surface area (Å²) in [4.78, 5) is 16.0. The second kappa shape index (κ2) is 3.29. The van der Waals surface area contributed by atoms with Crippen molar-refractivity contribution in [2.45, 2.75) is 17.8 Å². The standard InChI is InChI=1S/C3H2F7O2PS/c4-1(5,2(6,7)8)3(9,10)13(11,12)14/h(H2,11,12,14). The second-order valence-electron chi connectivity index (χ2n) is 2.16. The Hall–Kier alpha value is 0.0800. The molecule has 0 unspecified atom stereocenters. The van der Waals surface area contributed by atoms with Crippen LogP contribution in [-0.2, 0) is 11.8 Å². The largest absolute Gasteiger partial charge is 0.460 e. The lowest BCUT2D eigenvalue weighted by molar-refractivity contribution is -0.334. The van der Waals surface area contributed by atoms with Crippen molar-refractivity contribution in [3.8, 4) is 0 Å². The van der Waals surface area contributed by atoms with Gasteiger partial charge >= 0.3 is 17.8 Å². The third-order valence-corrected chi connectivity index (χ3v) is 2.80. The number of hydrogen-bond acceptors (Lipinski definition) is 1. The summed E-state index contributed by atoms with van der Waals surface area (Å²) in [5.41, 5.74) is -6.10. The van der Waals surface area contributed by atoms with E-state index < -0.39 is 24.3 Å². The minimum absolute atomic E-state index is 3.13. The van der Waals surface area contributed by atoms with Crippen molar-refractivity contribution >= 4 is 18.3 Å². The molecule has 0 aliphatic rings. The van der Waals surface area contributed by atoms with E-state index in [0.29, 0.717) is 0 Å². The molecule has 0 heterocycles. The topological polar surface area (TPSA) is 40.5 Å². The van der Waals surface area contributed by atoms with Gasteiger partial charge in [0.2, 0.25) is 0 Å². The molecule has 0 aliphatic heterocycles. The average molecular weight is 266 g/mol. The van der Waals surface area contributed by atoms with E-state index in [0.717, 1.165) is 0 Å². The zero-order valence-corrected chi connectivity index (χ0v) is 7.61. The molecule has 0 spiro atoms. The maximum absolute atomic E-state index is 12.2. The molecule has 0 bridgehead atoms. The summed E-state index contributed by atoms with van der Waals surface area (Å²) in [7, 11) is 0. The van der Waals surface area contributed by atoms with Crippen LogP contribution in [0.1, 0.15) is 0 Å². The smallest absolute Gasteiger partial charge is 0.341 e. The van der Waals surface area contributed by atoms with E-state index in [9.17, 15) is 30.7 Å². The highest BCUT2D eigenvalue weighted by molar-refractivity contribution is 8.09. The maximum atomic E-state index is 12.2. The first-order chi connectivity index (χ1) is 5.75. The molecule has 0 aliphatic carbocycles. The SMILES string of the molecule is OP(O)(=S)C(F)(F)C(F)(F)C(F)(F)F. The summed E-state index contributed by atoms with van der Waals surface area (Å²) in [5, 5.41) is 0. The number of halogens is 7. The van der Waals surface area contributed by atoms with Crippen LogP contribution in [0.5, 0.6) is 0 Å². The monoisotopic (exact) mass is 266 g/mol. The Morgan fingerprint density at radius 1 is 0.857 bits per heavy atom. The molecule has 0 aromatic carbocycles. The van der Waals surface area contributed by atoms with Crippen molar-refractivity contribution in [2.24, 2.45) is 0 Å². The van der Waals surface area contributed by atoms with Crippen LogP contribution in [0.3, 0.4) is 0 Å². The van der Waals surface area contributed by atoms with E-state index in [2.05, 4.69) is 11.8 Å². The Morgan fingerprint density at radius 3 is 1.21 bits per heavy atom. The van der Waals surface area contributed by atoms with Crippen LogP contribution in [-0.4, -0.2) is 27.5 Å². The van der Waals surface area contributed by atoms with Crippen LogP contribution in [0.2, 0.25) is 0 Å². The molecule has 0 aromatic heterocycles. The lowest BCUT2D eigenvalue weighted by atomic mass is 10.3. The lowest BCUT2D eigenvalue weighted by Gasteiger charge is -2.30. The fourth-order valence-electron chi connectivity index (χ4n) is 0.353. The third-order valence-electron chi connectivity index (χ3n) is 1.10. The predicted octanol–water partition coefficient (Wildman–Crippen LogP) is 2.07. The Kier molecular flexibility index (Phi) is 3.31. The van der Waals surface area contributed by atoms with Gasteiger partial charge in [-0.25, -0.2) is 0 Å². The summed E-state index contributed by atoms with van der Waals surface area (Å²) < 4.78 is 82.4. The van der Waals surface area contributed by atoms with Crippen LogP contribution in [0.25, 0.3) is 0 Å². The van der Waals surface area contributed by atoms with Gasteiger partial charge in [0.25, 0.3) is 6.49 Å². The summed E-state index contributed by atoms with van der Waals surface area (Å²) >= 11 is 3.13. The number of rotatable bonds is 2. The fourth-order valence-corrected chi connectivity index (χ4v) is 1.19. The highest BCUT2D eigenvalue weighted by Gasteiger charge is 2.77. The Bertz CT molecular complexity index is 267. The molecule has 11 heteroatoms. The van der Waals surface area contributed by atoms with Gasteiger partial charge < -0.3 is 9.79 Å². The summed E-state index contributed by atoms with van der Waals surface area (Å²) in [6.07, 6.45) is -6.61. The molecule has 2 N–H and O–H groups in total. The summed E-state index contributed by atoms with van der Waals surface area (Å²) in [5.74, 6) is -6.57. The molecule has 0 saturated carbocycles. The van der Waals surface area contributed by atoms with Gasteiger partial charge in [0, 0.05) is 0 Å². The first-order valence-electron chi connectivity index (χ1n) is 2.63. The van der Waals surface area contributed by atoms with Crippen molar-refractivity contribution in [3.63, 3.8) is 0 Å². The molecule has 0 rings (SSSR count). The lowest BCUT2D eigenvalue weighted by Crippen LogP contribution is -2.51. The van der Waals surface area contributed by atoms with Crippen LogP contribution in [0.4, 0.5) is 30.7 Å². The molecule has 0 radical (unpaired) electrons. The Morgan fingerprint density at radius 2 is 1.14 bits per heavy atom. The first kappa shape index (κ1) is 14.1. The van der Waals surface area contributed by atoms with E-state index in [4.69, 9.17) is 9.79 Å². The van der Waals surface area contributed by atoms with E-state index in [1.807, 2.05) is 0 Å². The van der Waals surface area contributed by atoms with Gasteiger partial charge in [0.1, 0.15) is 0 Å². The maximum Gasteiger partial charge on any atom is 0.460 e. The molecule has 14 heavy (non-hydrogen) atoms. The fraction of sp³-hybridized carbons (Fsp3) is 1.00. The number of alkyl halides is 7. The predicted molar refractivity (Wildman–Crippen MR) is 34.7 cm³/mol. The second-order valence-corrected chi connectivity index (χ2v) is 5.33. The van der Waals surface area contributed by atoms with Crippen molar-refractivity contribution in [1.29, 1.82) is 0 Å². The highest BCUT2D eigenvalue weighted by Crippen LogP contribution is 2.63. The molecule has 0 amide bonds. The zero-order chi connectivity index (χ0) is 12.0. The summed E-state index contributed by atoms with van der Waals surface area (Å²) in [6, 6.07) is 0. The normalized spacial score (nSPS) is 15.8. The Balaban J connectivity index is 5.42. The van der Waals surface area contributed by atoms with Gasteiger partial charge in [-0.15, -0.1) is 0 Å².